The third kappa shape index (κ3) is 1.95. The second kappa shape index (κ2) is 4.41. The van der Waals surface area contributed by atoms with Gasteiger partial charge in [0.15, 0.2) is 0 Å². The molecule has 5 aliphatic carbocycles. The quantitative estimate of drug-likeness (QED) is 0.715. The summed E-state index contributed by atoms with van der Waals surface area (Å²) in [5.74, 6) is 2.96. The summed E-state index contributed by atoms with van der Waals surface area (Å²) in [6.45, 7) is 0. The average Bonchev–Trinajstić information content (AvgIpc) is 2.77. The summed E-state index contributed by atoms with van der Waals surface area (Å²) in [6, 6.07) is 0. The van der Waals surface area contributed by atoms with E-state index in [1.165, 1.54) is 64.2 Å². The number of aliphatic imine (C=N–C) groups is 1. The molecule has 0 aromatic carbocycles. The molecule has 6 fully saturated rings. The van der Waals surface area contributed by atoms with Gasteiger partial charge in [-0.05, 0) is 75.5 Å². The highest BCUT2D eigenvalue weighted by atomic mass is 32.2. The fraction of sp³-hybridized carbons (Fsp3) is 0.941. The molecule has 0 spiro atoms. The van der Waals surface area contributed by atoms with E-state index in [1.807, 2.05) is 11.8 Å². The first-order valence-corrected chi connectivity index (χ1v) is 9.59. The van der Waals surface area contributed by atoms with Gasteiger partial charge < -0.3 is 4.74 Å². The molecular weight excluding hydrogens is 266 g/mol. The van der Waals surface area contributed by atoms with Crippen LogP contribution in [-0.2, 0) is 4.74 Å². The number of hydrogen-bond donors (Lipinski definition) is 0. The van der Waals surface area contributed by atoms with Gasteiger partial charge in [-0.1, -0.05) is 18.2 Å². The van der Waals surface area contributed by atoms with Crippen molar-refractivity contribution in [2.24, 2.45) is 22.7 Å². The topological polar surface area (TPSA) is 21.6 Å². The molecule has 6 aliphatic rings. The average molecular weight is 291 g/mol. The zero-order valence-electron chi connectivity index (χ0n) is 12.2. The Morgan fingerprint density at radius 3 is 2.25 bits per heavy atom. The van der Waals surface area contributed by atoms with Crippen molar-refractivity contribution in [3.63, 3.8) is 0 Å². The fourth-order valence-electron chi connectivity index (χ4n) is 6.07. The van der Waals surface area contributed by atoms with Crippen LogP contribution in [0.15, 0.2) is 4.99 Å². The van der Waals surface area contributed by atoms with Gasteiger partial charge in [0, 0.05) is 0 Å². The van der Waals surface area contributed by atoms with Gasteiger partial charge in [0.2, 0.25) is 5.23 Å². The van der Waals surface area contributed by atoms with E-state index in [0.29, 0.717) is 11.6 Å². The second-order valence-electron chi connectivity index (χ2n) is 8.12. The highest BCUT2D eigenvalue weighted by Crippen LogP contribution is 2.57. The molecule has 5 saturated carbocycles. The van der Waals surface area contributed by atoms with E-state index in [9.17, 15) is 0 Å². The van der Waals surface area contributed by atoms with E-state index >= 15 is 0 Å². The van der Waals surface area contributed by atoms with Crippen LogP contribution >= 0.6 is 11.8 Å². The lowest BCUT2D eigenvalue weighted by Crippen LogP contribution is -2.49. The molecule has 20 heavy (non-hydrogen) atoms. The smallest absolute Gasteiger partial charge is 0.247 e. The Balaban J connectivity index is 1.39. The van der Waals surface area contributed by atoms with E-state index in [1.54, 1.807) is 0 Å². The summed E-state index contributed by atoms with van der Waals surface area (Å²) in [6.07, 6.45) is 14.4. The molecule has 0 aromatic rings. The SMILES string of the molecule is C1CC[C@H]2SC(=NC34CC5CC(CC(C5)C3)C4)O[C@H]2C1. The summed E-state index contributed by atoms with van der Waals surface area (Å²) in [7, 11) is 0. The Hall–Kier alpha value is -0.180. The van der Waals surface area contributed by atoms with E-state index in [4.69, 9.17) is 9.73 Å². The monoisotopic (exact) mass is 291 g/mol. The minimum Gasteiger partial charge on any atom is -0.469 e. The van der Waals surface area contributed by atoms with E-state index in [-0.39, 0.29) is 0 Å². The zero-order valence-corrected chi connectivity index (χ0v) is 13.0. The highest BCUT2D eigenvalue weighted by molar-refractivity contribution is 8.14. The summed E-state index contributed by atoms with van der Waals surface area (Å²) >= 11 is 1.97. The molecule has 1 heterocycles. The molecule has 0 radical (unpaired) electrons. The first kappa shape index (κ1) is 12.4. The third-order valence-corrected chi connectivity index (χ3v) is 7.71. The number of ether oxygens (including phenoxy) is 1. The van der Waals surface area contributed by atoms with Crippen molar-refractivity contribution in [2.45, 2.75) is 81.1 Å². The zero-order chi connectivity index (χ0) is 13.2. The molecule has 2 atom stereocenters. The van der Waals surface area contributed by atoms with Crippen LogP contribution in [0.25, 0.3) is 0 Å². The van der Waals surface area contributed by atoms with Crippen molar-refractivity contribution in [2.75, 3.05) is 0 Å². The van der Waals surface area contributed by atoms with E-state index in [2.05, 4.69) is 0 Å². The van der Waals surface area contributed by atoms with Crippen LogP contribution in [0, 0.1) is 17.8 Å². The van der Waals surface area contributed by atoms with Crippen molar-refractivity contribution in [3.05, 3.63) is 0 Å². The molecule has 0 aromatic heterocycles. The highest BCUT2D eigenvalue weighted by Gasteiger charge is 2.52. The molecule has 110 valence electrons. The Kier molecular flexibility index (Phi) is 2.73. The van der Waals surface area contributed by atoms with E-state index < -0.39 is 0 Å². The largest absolute Gasteiger partial charge is 0.469 e. The predicted octanol–water partition coefficient (Wildman–Crippen LogP) is 4.39. The van der Waals surface area contributed by atoms with Crippen molar-refractivity contribution in [1.29, 1.82) is 0 Å². The second-order valence-corrected chi connectivity index (χ2v) is 9.31. The van der Waals surface area contributed by atoms with Gasteiger partial charge in [0.25, 0.3) is 0 Å². The molecule has 4 bridgehead atoms. The lowest BCUT2D eigenvalue weighted by molar-refractivity contribution is 0.000411. The summed E-state index contributed by atoms with van der Waals surface area (Å²) in [5, 5.41) is 1.79. The van der Waals surface area contributed by atoms with Gasteiger partial charge in [-0.25, -0.2) is 4.99 Å². The maximum atomic E-state index is 6.22. The lowest BCUT2D eigenvalue weighted by atomic mass is 9.53. The first-order chi connectivity index (χ1) is 9.78. The maximum Gasteiger partial charge on any atom is 0.247 e. The van der Waals surface area contributed by atoms with Crippen LogP contribution in [0.3, 0.4) is 0 Å². The summed E-state index contributed by atoms with van der Waals surface area (Å²) in [5.41, 5.74) is 0.296. The standard InChI is InChI=1S/C17H25NOS/c1-2-4-15-14(3-1)19-16(20-15)18-17-8-11-5-12(9-17)7-13(6-11)10-17/h11-15H,1-10H2/t11?,12?,13?,14-,15+,17?/m0/s1. The van der Waals surface area contributed by atoms with Crippen molar-refractivity contribution in [3.8, 4) is 0 Å². The molecule has 1 aliphatic heterocycles. The number of thioether (sulfide) groups is 1. The number of hydrogen-bond acceptors (Lipinski definition) is 3. The number of fused-ring (bicyclic) bond motifs is 1. The Bertz CT molecular complexity index is 395. The Labute approximate surface area is 126 Å². The first-order valence-electron chi connectivity index (χ1n) is 8.71. The van der Waals surface area contributed by atoms with Gasteiger partial charge in [0.05, 0.1) is 10.8 Å². The van der Waals surface area contributed by atoms with Crippen LogP contribution in [0.4, 0.5) is 0 Å². The molecular formula is C17H25NOS. The van der Waals surface area contributed by atoms with Gasteiger partial charge in [-0.2, -0.15) is 0 Å². The molecule has 1 saturated heterocycles. The Morgan fingerprint density at radius 2 is 1.60 bits per heavy atom. The van der Waals surface area contributed by atoms with Gasteiger partial charge >= 0.3 is 0 Å². The van der Waals surface area contributed by atoms with Crippen LogP contribution in [-0.4, -0.2) is 22.1 Å². The molecule has 0 unspecified atom stereocenters. The van der Waals surface area contributed by atoms with Crippen molar-refractivity contribution < 1.29 is 4.74 Å². The normalized spacial score (nSPS) is 55.0. The third-order valence-electron chi connectivity index (χ3n) is 6.48. The molecule has 6 rings (SSSR count). The van der Waals surface area contributed by atoms with Crippen molar-refractivity contribution in [1.82, 2.24) is 0 Å². The van der Waals surface area contributed by atoms with Crippen LogP contribution in [0.2, 0.25) is 0 Å². The predicted molar refractivity (Wildman–Crippen MR) is 83.1 cm³/mol. The fourth-order valence-corrected chi connectivity index (χ4v) is 7.38. The summed E-state index contributed by atoms with van der Waals surface area (Å²) < 4.78 is 6.22. The molecule has 2 nitrogen and oxygen atoms in total. The number of nitrogens with zero attached hydrogens (tertiary/aromatic N) is 1. The Morgan fingerprint density at radius 1 is 0.950 bits per heavy atom. The van der Waals surface area contributed by atoms with Gasteiger partial charge in [-0.3, -0.25) is 0 Å². The number of rotatable bonds is 1. The summed E-state index contributed by atoms with van der Waals surface area (Å²) in [4.78, 5) is 5.25. The minimum absolute atomic E-state index is 0.296. The van der Waals surface area contributed by atoms with Crippen LogP contribution < -0.4 is 0 Å². The van der Waals surface area contributed by atoms with Crippen LogP contribution in [0.1, 0.15) is 64.2 Å². The van der Waals surface area contributed by atoms with E-state index in [0.717, 1.165) is 28.2 Å². The van der Waals surface area contributed by atoms with Gasteiger partial charge in [-0.15, -0.1) is 0 Å². The lowest BCUT2D eigenvalue weighted by Gasteiger charge is -2.54. The van der Waals surface area contributed by atoms with Gasteiger partial charge in [0.1, 0.15) is 6.10 Å². The molecule has 0 N–H and O–H groups in total. The van der Waals surface area contributed by atoms with Crippen molar-refractivity contribution >= 4 is 17.0 Å². The van der Waals surface area contributed by atoms with Crippen LogP contribution in [0.5, 0.6) is 0 Å². The maximum absolute atomic E-state index is 6.22. The molecule has 0 amide bonds. The minimum atomic E-state index is 0.296. The molecule has 3 heteroatoms.